The molecule has 3 aromatic rings. The second-order valence-corrected chi connectivity index (χ2v) is 7.63. The lowest BCUT2D eigenvalue weighted by molar-refractivity contribution is 0.0454. The van der Waals surface area contributed by atoms with Crippen molar-refractivity contribution in [2.24, 2.45) is 0 Å². The number of methoxy groups -OCH3 is 1. The van der Waals surface area contributed by atoms with Gasteiger partial charge in [0, 0.05) is 23.1 Å². The van der Waals surface area contributed by atoms with E-state index in [1.807, 2.05) is 66.7 Å². The maximum atomic E-state index is 13.0. The van der Waals surface area contributed by atoms with Crippen molar-refractivity contribution in [3.05, 3.63) is 83.9 Å². The van der Waals surface area contributed by atoms with Crippen LogP contribution in [0.15, 0.2) is 77.7 Å². The lowest BCUT2D eigenvalue weighted by Gasteiger charge is -2.18. The fourth-order valence-electron chi connectivity index (χ4n) is 2.98. The van der Waals surface area contributed by atoms with Crippen LogP contribution in [0.1, 0.15) is 15.9 Å². The second-order valence-electron chi connectivity index (χ2n) is 6.25. The standard InChI is InChI=1S/C24H22O4S2/c1-26-17-28-22-13-12-20(18-8-4-2-5-9-18)21(23(22)24(25)27-14-15-29)16-30-19-10-6-3-7-11-19/h2-13,15H,14,16-17H2,1H3. The van der Waals surface area contributed by atoms with Crippen LogP contribution in [-0.2, 0) is 15.2 Å². The average molecular weight is 439 g/mol. The summed E-state index contributed by atoms with van der Waals surface area (Å²) in [5, 5.41) is 1.38. The van der Waals surface area contributed by atoms with E-state index in [0.717, 1.165) is 21.6 Å². The Balaban J connectivity index is 2.09. The van der Waals surface area contributed by atoms with Crippen LogP contribution in [0, 0.1) is 0 Å². The highest BCUT2D eigenvalue weighted by Gasteiger charge is 2.23. The molecule has 0 fully saturated rings. The quantitative estimate of drug-likeness (QED) is 0.173. The van der Waals surface area contributed by atoms with Crippen LogP contribution in [0.4, 0.5) is 0 Å². The van der Waals surface area contributed by atoms with Gasteiger partial charge in [0.25, 0.3) is 0 Å². The molecule has 3 aromatic carbocycles. The molecule has 30 heavy (non-hydrogen) atoms. The smallest absolute Gasteiger partial charge is 0.342 e. The third-order valence-electron chi connectivity index (χ3n) is 4.30. The highest BCUT2D eigenvalue weighted by Crippen LogP contribution is 2.37. The first-order valence-electron chi connectivity index (χ1n) is 9.36. The Morgan fingerprint density at radius 2 is 1.70 bits per heavy atom. The Hall–Kier alpha value is -2.67. The average Bonchev–Trinajstić information content (AvgIpc) is 2.80. The van der Waals surface area contributed by atoms with Gasteiger partial charge in [0.05, 0.1) is 0 Å². The molecule has 0 atom stereocenters. The van der Waals surface area contributed by atoms with Gasteiger partial charge in [0.1, 0.15) is 17.9 Å². The summed E-state index contributed by atoms with van der Waals surface area (Å²) in [6.07, 6.45) is 0. The van der Waals surface area contributed by atoms with Crippen LogP contribution in [0.2, 0.25) is 0 Å². The highest BCUT2D eigenvalue weighted by atomic mass is 32.2. The first-order chi connectivity index (χ1) is 14.7. The van der Waals surface area contributed by atoms with E-state index in [0.29, 0.717) is 17.1 Å². The summed E-state index contributed by atoms with van der Waals surface area (Å²) in [6.45, 7) is 0.0854. The number of thiocarbonyl (C=S) groups is 1. The first kappa shape index (κ1) is 22.0. The molecule has 6 heteroatoms. The minimum absolute atomic E-state index is 0.0311. The lowest BCUT2D eigenvalue weighted by Crippen LogP contribution is -2.14. The predicted molar refractivity (Wildman–Crippen MR) is 124 cm³/mol. The third-order valence-corrected chi connectivity index (χ3v) is 5.48. The SMILES string of the molecule is COCOc1ccc(-c2ccccc2)c(CSc2ccccc2)c1C(=O)OCC=S. The van der Waals surface area contributed by atoms with Crippen molar-refractivity contribution < 1.29 is 19.0 Å². The summed E-state index contributed by atoms with van der Waals surface area (Å²) in [5.41, 5.74) is 3.22. The Labute approximate surface area is 186 Å². The minimum atomic E-state index is -0.469. The molecule has 154 valence electrons. The number of carbonyl (C=O) groups excluding carboxylic acids is 1. The van der Waals surface area contributed by atoms with E-state index in [9.17, 15) is 4.79 Å². The zero-order valence-electron chi connectivity index (χ0n) is 16.6. The van der Waals surface area contributed by atoms with Gasteiger partial charge in [-0.25, -0.2) is 4.79 Å². The summed E-state index contributed by atoms with van der Waals surface area (Å²) < 4.78 is 16.1. The Kier molecular flexibility index (Phi) is 8.44. The Morgan fingerprint density at radius 3 is 2.37 bits per heavy atom. The van der Waals surface area contributed by atoms with E-state index < -0.39 is 5.97 Å². The molecule has 0 N–H and O–H groups in total. The summed E-state index contributed by atoms with van der Waals surface area (Å²) in [5.74, 6) is 0.527. The van der Waals surface area contributed by atoms with Gasteiger partial charge >= 0.3 is 5.97 Å². The van der Waals surface area contributed by atoms with Crippen molar-refractivity contribution in [1.29, 1.82) is 0 Å². The molecule has 4 nitrogen and oxygen atoms in total. The van der Waals surface area contributed by atoms with Crippen molar-refractivity contribution in [3.8, 4) is 16.9 Å². The van der Waals surface area contributed by atoms with Crippen LogP contribution >= 0.6 is 24.0 Å². The number of benzene rings is 3. The largest absolute Gasteiger partial charge is 0.467 e. The molecule has 0 aliphatic carbocycles. The molecule has 0 spiro atoms. The van der Waals surface area contributed by atoms with Gasteiger partial charge in [-0.1, -0.05) is 66.8 Å². The van der Waals surface area contributed by atoms with Gasteiger partial charge in [0.15, 0.2) is 6.79 Å². The van der Waals surface area contributed by atoms with Gasteiger partial charge in [0.2, 0.25) is 0 Å². The van der Waals surface area contributed by atoms with E-state index in [2.05, 4.69) is 0 Å². The molecule has 0 aromatic heterocycles. The molecule has 3 rings (SSSR count). The first-order valence-corrected chi connectivity index (χ1v) is 10.8. The molecule has 0 saturated heterocycles. The number of ether oxygens (including phenoxy) is 3. The van der Waals surface area contributed by atoms with Gasteiger partial charge in [-0.05, 0) is 34.9 Å². The van der Waals surface area contributed by atoms with Crippen LogP contribution in [-0.4, -0.2) is 31.8 Å². The molecule has 0 heterocycles. The molecule has 0 bridgehead atoms. The molecular formula is C24H22O4S2. The Bertz CT molecular complexity index is 975. The van der Waals surface area contributed by atoms with Crippen LogP contribution in [0.25, 0.3) is 11.1 Å². The van der Waals surface area contributed by atoms with E-state index >= 15 is 0 Å². The lowest BCUT2D eigenvalue weighted by atomic mass is 9.95. The molecule has 0 amide bonds. The van der Waals surface area contributed by atoms with Crippen LogP contribution < -0.4 is 4.74 Å². The van der Waals surface area contributed by atoms with E-state index in [-0.39, 0.29) is 13.4 Å². The molecule has 0 unspecified atom stereocenters. The predicted octanol–water partition coefficient (Wildman–Crippen LogP) is 5.79. The van der Waals surface area contributed by atoms with E-state index in [4.69, 9.17) is 26.4 Å². The van der Waals surface area contributed by atoms with Crippen molar-refractivity contribution in [2.75, 3.05) is 20.5 Å². The molecule has 0 radical (unpaired) electrons. The Morgan fingerprint density at radius 1 is 1.00 bits per heavy atom. The third kappa shape index (κ3) is 5.69. The number of carbonyl (C=O) groups is 1. The van der Waals surface area contributed by atoms with Crippen molar-refractivity contribution in [2.45, 2.75) is 10.6 Å². The molecule has 0 aliphatic rings. The van der Waals surface area contributed by atoms with Crippen molar-refractivity contribution >= 4 is 35.3 Å². The topological polar surface area (TPSA) is 44.8 Å². The number of thioether (sulfide) groups is 1. The van der Waals surface area contributed by atoms with Crippen molar-refractivity contribution in [3.63, 3.8) is 0 Å². The van der Waals surface area contributed by atoms with Gasteiger partial charge in [-0.15, -0.1) is 11.8 Å². The summed E-state index contributed by atoms with van der Waals surface area (Å²) >= 11 is 6.46. The molecule has 0 saturated carbocycles. The maximum Gasteiger partial charge on any atom is 0.342 e. The maximum absolute atomic E-state index is 13.0. The summed E-state index contributed by atoms with van der Waals surface area (Å²) in [6, 6.07) is 23.8. The summed E-state index contributed by atoms with van der Waals surface area (Å²) in [4.78, 5) is 14.1. The number of rotatable bonds is 10. The fraction of sp³-hybridized carbons (Fsp3) is 0.167. The van der Waals surface area contributed by atoms with Gasteiger partial charge in [-0.3, -0.25) is 0 Å². The zero-order valence-corrected chi connectivity index (χ0v) is 18.2. The molecule has 0 aliphatic heterocycles. The summed E-state index contributed by atoms with van der Waals surface area (Å²) in [7, 11) is 1.54. The van der Waals surface area contributed by atoms with Crippen LogP contribution in [0.5, 0.6) is 5.75 Å². The number of hydrogen-bond donors (Lipinski definition) is 0. The van der Waals surface area contributed by atoms with E-state index in [1.165, 1.54) is 12.5 Å². The number of esters is 1. The van der Waals surface area contributed by atoms with Gasteiger partial charge in [-0.2, -0.15) is 0 Å². The van der Waals surface area contributed by atoms with Crippen molar-refractivity contribution in [1.82, 2.24) is 0 Å². The van der Waals surface area contributed by atoms with Gasteiger partial charge < -0.3 is 14.2 Å². The van der Waals surface area contributed by atoms with Crippen LogP contribution in [0.3, 0.4) is 0 Å². The normalized spacial score (nSPS) is 10.4. The van der Waals surface area contributed by atoms with E-state index in [1.54, 1.807) is 17.8 Å². The molecular weight excluding hydrogens is 416 g/mol. The monoisotopic (exact) mass is 438 g/mol. The minimum Gasteiger partial charge on any atom is -0.467 e. The number of hydrogen-bond acceptors (Lipinski definition) is 6. The second kappa shape index (κ2) is 11.5. The fourth-order valence-corrected chi connectivity index (χ4v) is 4.01. The highest BCUT2D eigenvalue weighted by molar-refractivity contribution is 7.98. The zero-order chi connectivity index (χ0) is 21.2.